The van der Waals surface area contributed by atoms with E-state index in [0.717, 1.165) is 50.9 Å². The third-order valence-electron chi connectivity index (χ3n) is 4.75. The molecule has 0 spiro atoms. The van der Waals surface area contributed by atoms with E-state index in [9.17, 15) is 10.1 Å². The number of nitrogens with one attached hydrogen (secondary N) is 1. The Labute approximate surface area is 131 Å². The summed E-state index contributed by atoms with van der Waals surface area (Å²) in [5, 5.41) is 14.3. The number of nitrogens with zero attached hydrogens (tertiary/aromatic N) is 3. The van der Waals surface area contributed by atoms with Crippen LogP contribution in [0.5, 0.6) is 0 Å². The topological polar surface area (TPSA) is 61.7 Å². The van der Waals surface area contributed by atoms with Gasteiger partial charge >= 0.3 is 0 Å². The maximum atomic E-state index is 10.9. The van der Waals surface area contributed by atoms with Gasteiger partial charge < -0.3 is 10.2 Å². The highest BCUT2D eigenvalue weighted by molar-refractivity contribution is 5.53. The lowest BCUT2D eigenvalue weighted by atomic mass is 9.97. The Morgan fingerprint density at radius 3 is 2.59 bits per heavy atom. The first-order chi connectivity index (χ1) is 10.7. The fourth-order valence-electron chi connectivity index (χ4n) is 3.42. The number of non-ortho nitro benzene ring substituents is 1. The Morgan fingerprint density at radius 1 is 1.18 bits per heavy atom. The van der Waals surface area contributed by atoms with Crippen molar-refractivity contribution in [2.75, 3.05) is 50.7 Å². The predicted molar refractivity (Wildman–Crippen MR) is 87.3 cm³/mol. The minimum Gasteiger partial charge on any atom is -0.369 e. The van der Waals surface area contributed by atoms with Crippen LogP contribution in [-0.4, -0.2) is 55.6 Å². The largest absolute Gasteiger partial charge is 0.369 e. The molecule has 1 aromatic rings. The molecular weight excluding hydrogens is 280 g/mol. The number of nitro benzene ring substituents is 1. The van der Waals surface area contributed by atoms with Crippen LogP contribution in [0.1, 0.15) is 12.8 Å². The summed E-state index contributed by atoms with van der Waals surface area (Å²) >= 11 is 0. The summed E-state index contributed by atoms with van der Waals surface area (Å²) in [4.78, 5) is 15.4. The Kier molecular flexibility index (Phi) is 4.90. The van der Waals surface area contributed by atoms with Crippen molar-refractivity contribution in [1.82, 2.24) is 10.2 Å². The second-order valence-corrected chi connectivity index (χ2v) is 6.26. The average Bonchev–Trinajstić information content (AvgIpc) is 2.56. The number of hydrogen-bond acceptors (Lipinski definition) is 5. The zero-order chi connectivity index (χ0) is 15.4. The van der Waals surface area contributed by atoms with Gasteiger partial charge in [-0.3, -0.25) is 15.0 Å². The molecule has 2 heterocycles. The first-order valence-electron chi connectivity index (χ1n) is 8.15. The molecule has 1 aromatic carbocycles. The van der Waals surface area contributed by atoms with Crippen LogP contribution in [0, 0.1) is 16.0 Å². The zero-order valence-electron chi connectivity index (χ0n) is 12.9. The predicted octanol–water partition coefficient (Wildman–Crippen LogP) is 1.72. The van der Waals surface area contributed by atoms with Crippen molar-refractivity contribution in [2.45, 2.75) is 12.8 Å². The quantitative estimate of drug-likeness (QED) is 0.678. The van der Waals surface area contributed by atoms with Gasteiger partial charge in [0.25, 0.3) is 5.69 Å². The van der Waals surface area contributed by atoms with Gasteiger partial charge in [-0.05, 0) is 37.9 Å². The Morgan fingerprint density at radius 2 is 1.91 bits per heavy atom. The number of benzene rings is 1. The second-order valence-electron chi connectivity index (χ2n) is 6.26. The summed E-state index contributed by atoms with van der Waals surface area (Å²) < 4.78 is 0. The van der Waals surface area contributed by atoms with E-state index in [1.807, 2.05) is 6.07 Å². The number of piperidine rings is 1. The molecular formula is C16H24N4O2. The maximum absolute atomic E-state index is 10.9. The molecule has 2 saturated heterocycles. The lowest BCUT2D eigenvalue weighted by Gasteiger charge is -2.38. The number of hydrogen-bond donors (Lipinski definition) is 1. The summed E-state index contributed by atoms with van der Waals surface area (Å²) in [6.45, 7) is 7.50. The molecule has 6 heteroatoms. The van der Waals surface area contributed by atoms with Crippen LogP contribution in [0.4, 0.5) is 11.4 Å². The standard InChI is InChI=1S/C16H24N4O2/c21-20(22)16-3-1-2-15(12-16)19-10-8-18(9-11-19)13-14-4-6-17-7-5-14/h1-3,12,14,17H,4-11,13H2. The van der Waals surface area contributed by atoms with Gasteiger partial charge in [0.1, 0.15) is 0 Å². The van der Waals surface area contributed by atoms with Crippen molar-refractivity contribution in [3.05, 3.63) is 34.4 Å². The first kappa shape index (κ1) is 15.2. The first-order valence-corrected chi connectivity index (χ1v) is 8.15. The third-order valence-corrected chi connectivity index (χ3v) is 4.75. The van der Waals surface area contributed by atoms with Gasteiger partial charge in [0.2, 0.25) is 0 Å². The van der Waals surface area contributed by atoms with E-state index in [1.165, 1.54) is 19.4 Å². The number of anilines is 1. The smallest absolute Gasteiger partial charge is 0.271 e. The van der Waals surface area contributed by atoms with Crippen molar-refractivity contribution in [3.63, 3.8) is 0 Å². The maximum Gasteiger partial charge on any atom is 0.271 e. The molecule has 120 valence electrons. The van der Waals surface area contributed by atoms with E-state index in [4.69, 9.17) is 0 Å². The van der Waals surface area contributed by atoms with Crippen molar-refractivity contribution in [2.24, 2.45) is 5.92 Å². The third kappa shape index (κ3) is 3.75. The fraction of sp³-hybridized carbons (Fsp3) is 0.625. The second kappa shape index (κ2) is 7.07. The van der Waals surface area contributed by atoms with E-state index in [1.54, 1.807) is 18.2 Å². The van der Waals surface area contributed by atoms with Crippen LogP contribution < -0.4 is 10.2 Å². The van der Waals surface area contributed by atoms with Gasteiger partial charge in [-0.2, -0.15) is 0 Å². The number of piperazine rings is 1. The normalized spacial score (nSPS) is 21.0. The Balaban J connectivity index is 1.52. The van der Waals surface area contributed by atoms with Crippen LogP contribution in [0.25, 0.3) is 0 Å². The molecule has 0 aliphatic carbocycles. The Bertz CT molecular complexity index is 509. The van der Waals surface area contributed by atoms with E-state index < -0.39 is 0 Å². The lowest BCUT2D eigenvalue weighted by molar-refractivity contribution is -0.384. The van der Waals surface area contributed by atoms with Gasteiger partial charge in [0.05, 0.1) is 4.92 Å². The van der Waals surface area contributed by atoms with Crippen molar-refractivity contribution in [1.29, 1.82) is 0 Å². The van der Waals surface area contributed by atoms with Crippen LogP contribution in [-0.2, 0) is 0 Å². The molecule has 1 N–H and O–H groups in total. The molecule has 2 aliphatic heterocycles. The van der Waals surface area contributed by atoms with E-state index in [-0.39, 0.29) is 10.6 Å². The molecule has 0 bridgehead atoms. The van der Waals surface area contributed by atoms with Crippen molar-refractivity contribution >= 4 is 11.4 Å². The average molecular weight is 304 g/mol. The molecule has 3 rings (SSSR count). The number of rotatable bonds is 4. The summed E-state index contributed by atoms with van der Waals surface area (Å²) in [5.74, 6) is 0.825. The zero-order valence-corrected chi connectivity index (χ0v) is 12.9. The van der Waals surface area contributed by atoms with Gasteiger partial charge in [0, 0.05) is 50.5 Å². The van der Waals surface area contributed by atoms with Crippen LogP contribution in [0.3, 0.4) is 0 Å². The summed E-state index contributed by atoms with van der Waals surface area (Å²) in [5.41, 5.74) is 1.14. The molecule has 2 aliphatic rings. The van der Waals surface area contributed by atoms with Crippen LogP contribution >= 0.6 is 0 Å². The van der Waals surface area contributed by atoms with Crippen LogP contribution in [0.15, 0.2) is 24.3 Å². The fourth-order valence-corrected chi connectivity index (χ4v) is 3.42. The van der Waals surface area contributed by atoms with Gasteiger partial charge in [-0.15, -0.1) is 0 Å². The Hall–Kier alpha value is -1.66. The van der Waals surface area contributed by atoms with Crippen LogP contribution in [0.2, 0.25) is 0 Å². The van der Waals surface area contributed by atoms with Gasteiger partial charge in [-0.25, -0.2) is 0 Å². The van der Waals surface area contributed by atoms with E-state index >= 15 is 0 Å². The highest BCUT2D eigenvalue weighted by atomic mass is 16.6. The molecule has 0 unspecified atom stereocenters. The van der Waals surface area contributed by atoms with Gasteiger partial charge in [0.15, 0.2) is 0 Å². The summed E-state index contributed by atoms with van der Waals surface area (Å²) in [6.07, 6.45) is 2.57. The lowest BCUT2D eigenvalue weighted by Crippen LogP contribution is -2.48. The van der Waals surface area contributed by atoms with Gasteiger partial charge in [-0.1, -0.05) is 6.07 Å². The molecule has 2 fully saturated rings. The van der Waals surface area contributed by atoms with Crippen molar-refractivity contribution in [3.8, 4) is 0 Å². The molecule has 0 saturated carbocycles. The molecule has 0 radical (unpaired) electrons. The molecule has 22 heavy (non-hydrogen) atoms. The minimum absolute atomic E-state index is 0.176. The van der Waals surface area contributed by atoms with Crippen molar-refractivity contribution < 1.29 is 4.92 Å². The van der Waals surface area contributed by atoms with E-state index in [0.29, 0.717) is 0 Å². The summed E-state index contributed by atoms with van der Waals surface area (Å²) in [6, 6.07) is 6.98. The highest BCUT2D eigenvalue weighted by Crippen LogP contribution is 2.23. The molecule has 6 nitrogen and oxygen atoms in total. The highest BCUT2D eigenvalue weighted by Gasteiger charge is 2.22. The monoisotopic (exact) mass is 304 g/mol. The minimum atomic E-state index is -0.323. The molecule has 0 amide bonds. The summed E-state index contributed by atoms with van der Waals surface area (Å²) in [7, 11) is 0. The van der Waals surface area contributed by atoms with E-state index in [2.05, 4.69) is 15.1 Å². The molecule has 0 atom stereocenters. The number of nitro groups is 1. The molecule has 0 aromatic heterocycles. The SMILES string of the molecule is O=[N+]([O-])c1cccc(N2CCN(CC3CCNCC3)CC2)c1.